The second-order valence-corrected chi connectivity index (χ2v) is 6.37. The summed E-state index contributed by atoms with van der Waals surface area (Å²) in [6, 6.07) is 4.33. The van der Waals surface area contributed by atoms with Crippen LogP contribution in [-0.2, 0) is 16.6 Å². The fourth-order valence-corrected chi connectivity index (χ4v) is 3.48. The Morgan fingerprint density at radius 3 is 2.84 bits per heavy atom. The first-order valence-corrected chi connectivity index (χ1v) is 7.50. The molecule has 0 saturated carbocycles. The summed E-state index contributed by atoms with van der Waals surface area (Å²) in [7, 11) is -3.16. The van der Waals surface area contributed by atoms with Crippen LogP contribution >= 0.6 is 0 Å². The van der Waals surface area contributed by atoms with Crippen LogP contribution in [0.15, 0.2) is 18.2 Å². The van der Waals surface area contributed by atoms with Crippen molar-refractivity contribution >= 4 is 10.0 Å². The van der Waals surface area contributed by atoms with Gasteiger partial charge in [-0.3, -0.25) is 0 Å². The van der Waals surface area contributed by atoms with E-state index in [2.05, 4.69) is 11.8 Å². The molecule has 6 heteroatoms. The van der Waals surface area contributed by atoms with E-state index in [1.807, 2.05) is 0 Å². The lowest BCUT2D eigenvalue weighted by Crippen LogP contribution is -2.25. The van der Waals surface area contributed by atoms with Crippen molar-refractivity contribution in [3.8, 4) is 11.8 Å². The van der Waals surface area contributed by atoms with E-state index in [1.54, 1.807) is 6.07 Å². The molecule has 1 aromatic carbocycles. The van der Waals surface area contributed by atoms with Crippen molar-refractivity contribution in [1.29, 1.82) is 0 Å². The maximum atomic E-state index is 13.4. The molecule has 0 aromatic heterocycles. The molecular weight excluding hydrogens is 269 g/mol. The topological polar surface area (TPSA) is 57.6 Å². The van der Waals surface area contributed by atoms with E-state index in [4.69, 9.17) is 5.11 Å². The van der Waals surface area contributed by atoms with Crippen LogP contribution in [0, 0.1) is 17.7 Å². The summed E-state index contributed by atoms with van der Waals surface area (Å²) in [5, 5.41) is 8.60. The van der Waals surface area contributed by atoms with Gasteiger partial charge in [-0.1, -0.05) is 17.9 Å². The first kappa shape index (κ1) is 14.0. The SMILES string of the molecule is O=S1(=O)CCCN1Cc1ccc(F)c(C#CCO)c1. The summed E-state index contributed by atoms with van der Waals surface area (Å²) < 4.78 is 38.2. The molecule has 0 spiro atoms. The number of rotatable bonds is 2. The Morgan fingerprint density at radius 2 is 2.21 bits per heavy atom. The third-order valence-corrected chi connectivity index (χ3v) is 4.80. The predicted octanol–water partition coefficient (Wildman–Crippen LogP) is 0.705. The van der Waals surface area contributed by atoms with E-state index in [1.165, 1.54) is 16.4 Å². The average Bonchev–Trinajstić information content (AvgIpc) is 2.69. The third kappa shape index (κ3) is 3.32. The van der Waals surface area contributed by atoms with E-state index in [-0.39, 0.29) is 24.5 Å². The van der Waals surface area contributed by atoms with E-state index in [9.17, 15) is 12.8 Å². The summed E-state index contributed by atoms with van der Waals surface area (Å²) in [4.78, 5) is 0. The Hall–Kier alpha value is -1.42. The minimum absolute atomic E-state index is 0.170. The number of hydrogen-bond acceptors (Lipinski definition) is 3. The molecule has 102 valence electrons. The van der Waals surface area contributed by atoms with Gasteiger partial charge in [0, 0.05) is 13.1 Å². The van der Waals surface area contributed by atoms with Gasteiger partial charge < -0.3 is 5.11 Å². The normalized spacial score (nSPS) is 18.0. The van der Waals surface area contributed by atoms with Crippen LogP contribution in [0.25, 0.3) is 0 Å². The van der Waals surface area contributed by atoms with Crippen LogP contribution in [0.5, 0.6) is 0 Å². The van der Waals surface area contributed by atoms with Gasteiger partial charge in [0.2, 0.25) is 10.0 Å². The molecule has 1 heterocycles. The molecule has 4 nitrogen and oxygen atoms in total. The highest BCUT2D eigenvalue weighted by molar-refractivity contribution is 7.89. The van der Waals surface area contributed by atoms with E-state index in [0.717, 1.165) is 0 Å². The van der Waals surface area contributed by atoms with Crippen LogP contribution < -0.4 is 0 Å². The second kappa shape index (κ2) is 5.70. The molecule has 1 fully saturated rings. The van der Waals surface area contributed by atoms with Gasteiger partial charge in [0.05, 0.1) is 11.3 Å². The molecule has 1 N–H and O–H groups in total. The van der Waals surface area contributed by atoms with Crippen LogP contribution in [0.1, 0.15) is 17.5 Å². The lowest BCUT2D eigenvalue weighted by Gasteiger charge is -2.14. The molecular formula is C13H14FNO3S. The first-order chi connectivity index (χ1) is 9.03. The van der Waals surface area contributed by atoms with E-state index < -0.39 is 15.8 Å². The van der Waals surface area contributed by atoms with Gasteiger partial charge in [0.1, 0.15) is 12.4 Å². The van der Waals surface area contributed by atoms with Gasteiger partial charge in [-0.2, -0.15) is 4.31 Å². The number of benzene rings is 1. The number of aliphatic hydroxyl groups excluding tert-OH is 1. The van der Waals surface area contributed by atoms with Gasteiger partial charge in [0.15, 0.2) is 0 Å². The minimum Gasteiger partial charge on any atom is -0.384 e. The molecule has 0 amide bonds. The Kier molecular flexibility index (Phi) is 4.20. The quantitative estimate of drug-likeness (QED) is 0.813. The van der Waals surface area contributed by atoms with Crippen LogP contribution in [0.2, 0.25) is 0 Å². The summed E-state index contributed by atoms with van der Waals surface area (Å²) >= 11 is 0. The average molecular weight is 283 g/mol. The van der Waals surface area contributed by atoms with Crippen molar-refractivity contribution in [2.75, 3.05) is 18.9 Å². The van der Waals surface area contributed by atoms with Crippen molar-refractivity contribution in [2.45, 2.75) is 13.0 Å². The van der Waals surface area contributed by atoms with Crippen LogP contribution in [-0.4, -0.2) is 36.7 Å². The molecule has 0 unspecified atom stereocenters. The zero-order chi connectivity index (χ0) is 13.9. The van der Waals surface area contributed by atoms with Gasteiger partial charge in [0.25, 0.3) is 0 Å². The summed E-state index contributed by atoms with van der Waals surface area (Å²) in [6.45, 7) is 0.387. The van der Waals surface area contributed by atoms with Crippen molar-refractivity contribution in [2.24, 2.45) is 0 Å². The largest absolute Gasteiger partial charge is 0.384 e. The van der Waals surface area contributed by atoms with Gasteiger partial charge in [-0.15, -0.1) is 0 Å². The number of aliphatic hydroxyl groups is 1. The standard InChI is InChI=1S/C13H14FNO3S/c14-13-5-4-11(9-12(13)3-1-7-16)10-15-6-2-8-19(15,17)18/h4-5,9,16H,2,6-8,10H2. The number of nitrogens with zero attached hydrogens (tertiary/aromatic N) is 1. The summed E-state index contributed by atoms with van der Waals surface area (Å²) in [5.74, 6) is 4.58. The molecule has 2 rings (SSSR count). The van der Waals surface area contributed by atoms with Crippen molar-refractivity contribution in [1.82, 2.24) is 4.31 Å². The predicted molar refractivity (Wildman–Crippen MR) is 69.2 cm³/mol. The summed E-state index contributed by atoms with van der Waals surface area (Å²) in [5.41, 5.74) is 0.859. The lowest BCUT2D eigenvalue weighted by molar-refractivity contribution is 0.350. The molecule has 0 aliphatic carbocycles. The Labute approximate surface area is 111 Å². The fraction of sp³-hybridized carbons (Fsp3) is 0.385. The van der Waals surface area contributed by atoms with Crippen molar-refractivity contribution < 1.29 is 17.9 Å². The molecule has 1 aliphatic heterocycles. The Morgan fingerprint density at radius 1 is 1.42 bits per heavy atom. The van der Waals surface area contributed by atoms with Crippen LogP contribution in [0.3, 0.4) is 0 Å². The highest BCUT2D eigenvalue weighted by Gasteiger charge is 2.28. The molecule has 19 heavy (non-hydrogen) atoms. The van der Waals surface area contributed by atoms with Crippen LogP contribution in [0.4, 0.5) is 4.39 Å². The Bertz CT molecular complexity index is 631. The second-order valence-electron chi connectivity index (χ2n) is 4.28. The molecule has 1 aromatic rings. The molecule has 0 atom stereocenters. The molecule has 1 saturated heterocycles. The maximum Gasteiger partial charge on any atom is 0.214 e. The van der Waals surface area contributed by atoms with Gasteiger partial charge in [-0.25, -0.2) is 12.8 Å². The molecule has 1 aliphatic rings. The van der Waals surface area contributed by atoms with Crippen molar-refractivity contribution in [3.05, 3.63) is 35.1 Å². The highest BCUT2D eigenvalue weighted by atomic mass is 32.2. The van der Waals surface area contributed by atoms with Gasteiger partial charge >= 0.3 is 0 Å². The summed E-state index contributed by atoms with van der Waals surface area (Å²) in [6.07, 6.45) is 0.626. The third-order valence-electron chi connectivity index (χ3n) is 2.90. The highest BCUT2D eigenvalue weighted by Crippen LogP contribution is 2.18. The number of halogens is 1. The smallest absolute Gasteiger partial charge is 0.214 e. The van der Waals surface area contributed by atoms with Gasteiger partial charge in [-0.05, 0) is 24.1 Å². The maximum absolute atomic E-state index is 13.4. The number of hydrogen-bond donors (Lipinski definition) is 1. The minimum atomic E-state index is -3.16. The van der Waals surface area contributed by atoms with E-state index >= 15 is 0 Å². The monoisotopic (exact) mass is 283 g/mol. The first-order valence-electron chi connectivity index (χ1n) is 5.89. The van der Waals surface area contributed by atoms with E-state index in [0.29, 0.717) is 18.5 Å². The zero-order valence-electron chi connectivity index (χ0n) is 10.3. The Balaban J connectivity index is 2.22. The van der Waals surface area contributed by atoms with Crippen molar-refractivity contribution in [3.63, 3.8) is 0 Å². The molecule has 0 radical (unpaired) electrons. The molecule has 0 bridgehead atoms. The fourth-order valence-electron chi connectivity index (χ4n) is 1.97. The zero-order valence-corrected chi connectivity index (χ0v) is 11.1. The number of sulfonamides is 1. The lowest BCUT2D eigenvalue weighted by atomic mass is 10.1.